The lowest BCUT2D eigenvalue weighted by molar-refractivity contribution is -0.137. The van der Waals surface area contributed by atoms with Crippen LogP contribution >= 0.6 is 11.6 Å². The maximum Gasteiger partial charge on any atom is 0.303 e. The maximum atomic E-state index is 11.9. The summed E-state index contributed by atoms with van der Waals surface area (Å²) in [5.41, 5.74) is 1.40. The van der Waals surface area contributed by atoms with Crippen LogP contribution in [0.3, 0.4) is 0 Å². The lowest BCUT2D eigenvalue weighted by atomic mass is 10.1. The Kier molecular flexibility index (Phi) is 5.16. The summed E-state index contributed by atoms with van der Waals surface area (Å²) in [4.78, 5) is 22.3. The second kappa shape index (κ2) is 6.40. The van der Waals surface area contributed by atoms with Gasteiger partial charge in [0.15, 0.2) is 0 Å². The molecule has 0 fully saturated rings. The molecule has 0 radical (unpaired) electrons. The van der Waals surface area contributed by atoms with Gasteiger partial charge in [-0.25, -0.2) is 0 Å². The van der Waals surface area contributed by atoms with E-state index >= 15 is 0 Å². The zero-order valence-corrected chi connectivity index (χ0v) is 11.1. The predicted molar refractivity (Wildman–Crippen MR) is 70.0 cm³/mol. The van der Waals surface area contributed by atoms with E-state index in [-0.39, 0.29) is 18.4 Å². The fourth-order valence-electron chi connectivity index (χ4n) is 1.59. The van der Waals surface area contributed by atoms with Gasteiger partial charge in [0, 0.05) is 23.0 Å². The minimum absolute atomic E-state index is 0.0377. The molecule has 0 aliphatic rings. The third kappa shape index (κ3) is 4.75. The van der Waals surface area contributed by atoms with Crippen LogP contribution in [0.15, 0.2) is 18.2 Å². The standard InChI is InChI=1S/C13H16ClNO3/c1-8-5-10(7-11(14)6-8)13(18)15-9(2)3-4-12(16)17/h5-7,9H,3-4H2,1-2H3,(H,15,18)(H,16,17). The number of benzene rings is 1. The first-order valence-electron chi connectivity index (χ1n) is 5.68. The summed E-state index contributed by atoms with van der Waals surface area (Å²) in [6.07, 6.45) is 0.441. The number of hydrogen-bond acceptors (Lipinski definition) is 2. The van der Waals surface area contributed by atoms with Crippen LogP contribution in [0.25, 0.3) is 0 Å². The van der Waals surface area contributed by atoms with Gasteiger partial charge in [0.25, 0.3) is 5.91 Å². The van der Waals surface area contributed by atoms with Gasteiger partial charge in [-0.2, -0.15) is 0 Å². The molecule has 0 aliphatic carbocycles. The summed E-state index contributed by atoms with van der Waals surface area (Å²) < 4.78 is 0. The molecular weight excluding hydrogens is 254 g/mol. The SMILES string of the molecule is Cc1cc(Cl)cc(C(=O)NC(C)CCC(=O)O)c1. The van der Waals surface area contributed by atoms with Crippen LogP contribution < -0.4 is 5.32 Å². The van der Waals surface area contributed by atoms with Crippen molar-refractivity contribution in [3.63, 3.8) is 0 Å². The monoisotopic (exact) mass is 269 g/mol. The molecule has 1 rings (SSSR count). The van der Waals surface area contributed by atoms with Gasteiger partial charge in [-0.3, -0.25) is 9.59 Å². The number of carbonyl (C=O) groups is 2. The first kappa shape index (κ1) is 14.5. The van der Waals surface area contributed by atoms with Gasteiger partial charge in [0.05, 0.1) is 0 Å². The number of aliphatic carboxylic acids is 1. The third-order valence-electron chi connectivity index (χ3n) is 2.47. The highest BCUT2D eigenvalue weighted by Gasteiger charge is 2.11. The molecule has 0 bridgehead atoms. The van der Waals surface area contributed by atoms with Crippen LogP contribution in [0, 0.1) is 6.92 Å². The van der Waals surface area contributed by atoms with Gasteiger partial charge >= 0.3 is 5.97 Å². The first-order valence-corrected chi connectivity index (χ1v) is 6.06. The van der Waals surface area contributed by atoms with Crippen molar-refractivity contribution in [2.24, 2.45) is 0 Å². The van der Waals surface area contributed by atoms with Crippen LogP contribution in [0.5, 0.6) is 0 Å². The number of rotatable bonds is 5. The van der Waals surface area contributed by atoms with Gasteiger partial charge in [0.1, 0.15) is 0 Å². The number of aryl methyl sites for hydroxylation is 1. The quantitative estimate of drug-likeness (QED) is 0.863. The molecule has 0 spiro atoms. The summed E-state index contributed by atoms with van der Waals surface area (Å²) in [5, 5.41) is 11.8. The molecule has 0 saturated carbocycles. The van der Waals surface area contributed by atoms with E-state index in [1.807, 2.05) is 6.92 Å². The zero-order chi connectivity index (χ0) is 13.7. The van der Waals surface area contributed by atoms with Crippen molar-refractivity contribution in [3.05, 3.63) is 34.3 Å². The smallest absolute Gasteiger partial charge is 0.303 e. The van der Waals surface area contributed by atoms with Crippen molar-refractivity contribution in [1.29, 1.82) is 0 Å². The molecule has 1 unspecified atom stereocenters. The van der Waals surface area contributed by atoms with E-state index < -0.39 is 5.97 Å². The number of amides is 1. The van der Waals surface area contributed by atoms with E-state index in [0.29, 0.717) is 17.0 Å². The molecule has 4 nitrogen and oxygen atoms in total. The summed E-state index contributed by atoms with van der Waals surface area (Å²) in [6, 6.07) is 4.92. The molecular formula is C13H16ClNO3. The highest BCUT2D eigenvalue weighted by molar-refractivity contribution is 6.31. The largest absolute Gasteiger partial charge is 0.481 e. The van der Waals surface area contributed by atoms with Gasteiger partial charge in [0.2, 0.25) is 0 Å². The number of nitrogens with one attached hydrogen (secondary N) is 1. The molecule has 18 heavy (non-hydrogen) atoms. The molecule has 1 aromatic carbocycles. The van der Waals surface area contributed by atoms with E-state index in [1.54, 1.807) is 25.1 Å². The van der Waals surface area contributed by atoms with Gasteiger partial charge in [-0.1, -0.05) is 11.6 Å². The maximum absolute atomic E-state index is 11.9. The second-order valence-corrected chi connectivity index (χ2v) is 4.76. The lowest BCUT2D eigenvalue weighted by Crippen LogP contribution is -2.33. The first-order chi connectivity index (χ1) is 8.38. The Bertz CT molecular complexity index is 439. The van der Waals surface area contributed by atoms with Crippen molar-refractivity contribution in [3.8, 4) is 0 Å². The Balaban J connectivity index is 2.61. The van der Waals surface area contributed by atoms with E-state index in [0.717, 1.165) is 5.56 Å². The molecule has 0 aliphatic heterocycles. The van der Waals surface area contributed by atoms with E-state index in [9.17, 15) is 9.59 Å². The van der Waals surface area contributed by atoms with Crippen LogP contribution in [0.4, 0.5) is 0 Å². The van der Waals surface area contributed by atoms with Gasteiger partial charge in [-0.05, 0) is 44.0 Å². The molecule has 1 aromatic rings. The summed E-state index contributed by atoms with van der Waals surface area (Å²) >= 11 is 5.88. The van der Waals surface area contributed by atoms with E-state index in [2.05, 4.69) is 5.32 Å². The normalized spacial score (nSPS) is 11.9. The average molecular weight is 270 g/mol. The Morgan fingerprint density at radius 3 is 2.61 bits per heavy atom. The Morgan fingerprint density at radius 1 is 1.39 bits per heavy atom. The summed E-state index contributed by atoms with van der Waals surface area (Å²) in [5.74, 6) is -1.10. The number of hydrogen-bond donors (Lipinski definition) is 2. The van der Waals surface area contributed by atoms with E-state index in [4.69, 9.17) is 16.7 Å². The molecule has 0 aromatic heterocycles. The Hall–Kier alpha value is -1.55. The van der Waals surface area contributed by atoms with Crippen molar-refractivity contribution in [2.75, 3.05) is 0 Å². The van der Waals surface area contributed by atoms with Crippen molar-refractivity contribution >= 4 is 23.5 Å². The minimum atomic E-state index is -0.866. The Labute approximate surface area is 111 Å². The van der Waals surface area contributed by atoms with Crippen molar-refractivity contribution in [1.82, 2.24) is 5.32 Å². The topological polar surface area (TPSA) is 66.4 Å². The summed E-state index contributed by atoms with van der Waals surface area (Å²) in [6.45, 7) is 3.63. The number of carboxylic acid groups (broad SMARTS) is 1. The molecule has 0 heterocycles. The number of halogens is 1. The van der Waals surface area contributed by atoms with Crippen LogP contribution in [0.2, 0.25) is 5.02 Å². The molecule has 1 amide bonds. The molecule has 0 saturated heterocycles. The van der Waals surface area contributed by atoms with E-state index in [1.165, 1.54) is 0 Å². The number of carboxylic acids is 1. The van der Waals surface area contributed by atoms with Crippen LogP contribution in [-0.2, 0) is 4.79 Å². The van der Waals surface area contributed by atoms with Crippen LogP contribution in [-0.4, -0.2) is 23.0 Å². The molecule has 98 valence electrons. The fourth-order valence-corrected chi connectivity index (χ4v) is 1.88. The van der Waals surface area contributed by atoms with Crippen molar-refractivity contribution in [2.45, 2.75) is 32.7 Å². The van der Waals surface area contributed by atoms with Crippen LogP contribution in [0.1, 0.15) is 35.7 Å². The third-order valence-corrected chi connectivity index (χ3v) is 2.69. The number of carbonyl (C=O) groups excluding carboxylic acids is 1. The average Bonchev–Trinajstić information content (AvgIpc) is 2.25. The molecule has 2 N–H and O–H groups in total. The molecule has 1 atom stereocenters. The lowest BCUT2D eigenvalue weighted by Gasteiger charge is -2.13. The minimum Gasteiger partial charge on any atom is -0.481 e. The van der Waals surface area contributed by atoms with Gasteiger partial charge < -0.3 is 10.4 Å². The highest BCUT2D eigenvalue weighted by atomic mass is 35.5. The van der Waals surface area contributed by atoms with Crippen molar-refractivity contribution < 1.29 is 14.7 Å². The fraction of sp³-hybridized carbons (Fsp3) is 0.385. The highest BCUT2D eigenvalue weighted by Crippen LogP contribution is 2.14. The second-order valence-electron chi connectivity index (χ2n) is 4.32. The molecule has 5 heteroatoms. The van der Waals surface area contributed by atoms with Gasteiger partial charge in [-0.15, -0.1) is 0 Å². The zero-order valence-electron chi connectivity index (χ0n) is 10.4. The predicted octanol–water partition coefficient (Wildman–Crippen LogP) is 2.63. The summed E-state index contributed by atoms with van der Waals surface area (Å²) in [7, 11) is 0. The Morgan fingerprint density at radius 2 is 2.06 bits per heavy atom.